The van der Waals surface area contributed by atoms with Crippen molar-refractivity contribution in [2.75, 3.05) is 0 Å². The summed E-state index contributed by atoms with van der Waals surface area (Å²) in [5.41, 5.74) is 0.174. The Labute approximate surface area is 83.6 Å². The fraction of sp³-hybridized carbons (Fsp3) is 0.333. The third kappa shape index (κ3) is 1.74. The van der Waals surface area contributed by atoms with Gasteiger partial charge >= 0.3 is 0 Å². The summed E-state index contributed by atoms with van der Waals surface area (Å²) in [6.45, 7) is 0. The smallest absolute Gasteiger partial charge is 0.269 e. The Balaban J connectivity index is 2.37. The van der Waals surface area contributed by atoms with E-state index in [0.29, 0.717) is 5.56 Å². The number of halogens is 2. The number of non-ortho nitro benzene ring substituents is 1. The molecule has 2 atom stereocenters. The van der Waals surface area contributed by atoms with Crippen LogP contribution in [0.1, 0.15) is 5.56 Å². The summed E-state index contributed by atoms with van der Waals surface area (Å²) in [5, 5.41) is 10.4. The van der Waals surface area contributed by atoms with Gasteiger partial charge in [-0.3, -0.25) is 10.1 Å². The molecular weight excluding hydrogens is 208 g/mol. The second-order valence-electron chi connectivity index (χ2n) is 3.24. The van der Waals surface area contributed by atoms with Crippen molar-refractivity contribution in [3.05, 3.63) is 33.9 Å². The van der Waals surface area contributed by atoms with Gasteiger partial charge in [0.1, 0.15) is 5.75 Å². The molecule has 1 aromatic carbocycles. The first-order valence-corrected chi connectivity index (χ1v) is 4.30. The molecule has 1 aliphatic rings. The molecule has 0 aliphatic carbocycles. The van der Waals surface area contributed by atoms with Crippen molar-refractivity contribution in [1.29, 1.82) is 0 Å². The number of hydrogen-bond acceptors (Lipinski definition) is 3. The van der Waals surface area contributed by atoms with Gasteiger partial charge in [0.25, 0.3) is 12.0 Å². The highest BCUT2D eigenvalue weighted by Gasteiger charge is 2.30. The molecule has 0 fully saturated rings. The summed E-state index contributed by atoms with van der Waals surface area (Å²) in [4.78, 5) is 9.84. The van der Waals surface area contributed by atoms with Gasteiger partial charge in [-0.2, -0.15) is 4.39 Å². The highest BCUT2D eigenvalue weighted by atomic mass is 19.2. The molecule has 0 saturated carbocycles. The van der Waals surface area contributed by atoms with Crippen LogP contribution in [0.15, 0.2) is 18.2 Å². The van der Waals surface area contributed by atoms with Crippen LogP contribution in [0, 0.1) is 10.1 Å². The zero-order valence-corrected chi connectivity index (χ0v) is 7.52. The van der Waals surface area contributed by atoms with Crippen LogP contribution in [-0.2, 0) is 6.42 Å². The average Bonchev–Trinajstić information content (AvgIpc) is 2.19. The molecule has 15 heavy (non-hydrogen) atoms. The normalized spacial score (nSPS) is 24.1. The zero-order valence-electron chi connectivity index (χ0n) is 7.52. The topological polar surface area (TPSA) is 52.4 Å². The Hall–Kier alpha value is -1.72. The van der Waals surface area contributed by atoms with E-state index in [2.05, 4.69) is 4.74 Å². The van der Waals surface area contributed by atoms with E-state index in [-0.39, 0.29) is 17.9 Å². The first kappa shape index (κ1) is 9.82. The van der Waals surface area contributed by atoms with Crippen LogP contribution in [0.4, 0.5) is 14.5 Å². The SMILES string of the molecule is O=[N+]([O-])c1ccc2c(c1)CC(F)C(F)O2. The van der Waals surface area contributed by atoms with Crippen molar-refractivity contribution in [1.82, 2.24) is 0 Å². The number of nitro benzene ring substituents is 1. The van der Waals surface area contributed by atoms with Gasteiger partial charge in [0.05, 0.1) is 4.92 Å². The molecule has 0 bridgehead atoms. The molecule has 6 heteroatoms. The van der Waals surface area contributed by atoms with Crippen LogP contribution >= 0.6 is 0 Å². The third-order valence-electron chi connectivity index (χ3n) is 2.19. The fourth-order valence-electron chi connectivity index (χ4n) is 1.45. The lowest BCUT2D eigenvalue weighted by molar-refractivity contribution is -0.385. The molecule has 0 saturated heterocycles. The molecular formula is C9H7F2NO3. The summed E-state index contributed by atoms with van der Waals surface area (Å²) in [7, 11) is 0. The van der Waals surface area contributed by atoms with E-state index in [9.17, 15) is 18.9 Å². The standard InChI is InChI=1S/C9H7F2NO3/c10-7-4-5-3-6(12(13)14)1-2-8(5)15-9(7)11/h1-3,7,9H,4H2. The number of fused-ring (bicyclic) bond motifs is 1. The van der Waals surface area contributed by atoms with E-state index in [1.54, 1.807) is 0 Å². The van der Waals surface area contributed by atoms with Crippen LogP contribution < -0.4 is 4.74 Å². The Morgan fingerprint density at radius 2 is 2.20 bits per heavy atom. The largest absolute Gasteiger partial charge is 0.457 e. The highest BCUT2D eigenvalue weighted by molar-refractivity contribution is 5.45. The predicted octanol–water partition coefficient (Wildman–Crippen LogP) is 2.16. The van der Waals surface area contributed by atoms with Crippen molar-refractivity contribution < 1.29 is 18.4 Å². The number of rotatable bonds is 1. The minimum absolute atomic E-state index is 0.151. The third-order valence-corrected chi connectivity index (χ3v) is 2.19. The molecule has 2 rings (SSSR count). The average molecular weight is 215 g/mol. The quantitative estimate of drug-likeness (QED) is 0.532. The molecule has 4 nitrogen and oxygen atoms in total. The number of alkyl halides is 2. The van der Waals surface area contributed by atoms with Crippen molar-refractivity contribution in [3.8, 4) is 5.75 Å². The lowest BCUT2D eigenvalue weighted by Crippen LogP contribution is -2.30. The molecule has 2 unspecified atom stereocenters. The van der Waals surface area contributed by atoms with Gasteiger partial charge in [-0.05, 0) is 6.07 Å². The molecule has 0 spiro atoms. The van der Waals surface area contributed by atoms with Crippen molar-refractivity contribution in [3.63, 3.8) is 0 Å². The monoisotopic (exact) mass is 215 g/mol. The lowest BCUT2D eigenvalue weighted by Gasteiger charge is -2.23. The lowest BCUT2D eigenvalue weighted by atomic mass is 10.0. The summed E-state index contributed by atoms with van der Waals surface area (Å²) < 4.78 is 30.3. The maximum atomic E-state index is 12.9. The number of nitrogens with zero attached hydrogens (tertiary/aromatic N) is 1. The van der Waals surface area contributed by atoms with Crippen molar-refractivity contribution in [2.45, 2.75) is 19.0 Å². The van der Waals surface area contributed by atoms with Gasteiger partial charge in [0.15, 0.2) is 6.17 Å². The van der Waals surface area contributed by atoms with Crippen LogP contribution in [0.2, 0.25) is 0 Å². The van der Waals surface area contributed by atoms with Gasteiger partial charge in [-0.25, -0.2) is 4.39 Å². The zero-order chi connectivity index (χ0) is 11.0. The maximum Gasteiger partial charge on any atom is 0.269 e. The predicted molar refractivity (Wildman–Crippen MR) is 47.2 cm³/mol. The first-order valence-electron chi connectivity index (χ1n) is 4.30. The summed E-state index contributed by atoms with van der Waals surface area (Å²) in [6.07, 6.45) is -3.95. The second kappa shape index (κ2) is 3.45. The Bertz CT molecular complexity index is 410. The molecule has 1 aliphatic heterocycles. The molecule has 0 N–H and O–H groups in total. The van der Waals surface area contributed by atoms with Crippen molar-refractivity contribution in [2.24, 2.45) is 0 Å². The molecule has 0 aromatic heterocycles. The highest BCUT2D eigenvalue weighted by Crippen LogP contribution is 2.32. The first-order chi connectivity index (χ1) is 7.08. The van der Waals surface area contributed by atoms with Gasteiger partial charge < -0.3 is 4.74 Å². The molecule has 80 valence electrons. The Kier molecular flexibility index (Phi) is 2.26. The van der Waals surface area contributed by atoms with Crippen LogP contribution in [0.25, 0.3) is 0 Å². The van der Waals surface area contributed by atoms with Gasteiger partial charge in [-0.15, -0.1) is 0 Å². The maximum absolute atomic E-state index is 12.9. The fourth-order valence-corrected chi connectivity index (χ4v) is 1.45. The molecule has 0 radical (unpaired) electrons. The second-order valence-corrected chi connectivity index (χ2v) is 3.24. The van der Waals surface area contributed by atoms with E-state index in [0.717, 1.165) is 0 Å². The van der Waals surface area contributed by atoms with Crippen molar-refractivity contribution >= 4 is 5.69 Å². The van der Waals surface area contributed by atoms with E-state index in [1.807, 2.05) is 0 Å². The van der Waals surface area contributed by atoms with Gasteiger partial charge in [-0.1, -0.05) is 0 Å². The summed E-state index contributed by atoms with van der Waals surface area (Å²) in [5.74, 6) is 0.169. The number of benzene rings is 1. The van der Waals surface area contributed by atoms with E-state index >= 15 is 0 Å². The number of nitro groups is 1. The van der Waals surface area contributed by atoms with Crippen LogP contribution in [-0.4, -0.2) is 17.5 Å². The number of hydrogen-bond donors (Lipinski definition) is 0. The summed E-state index contributed by atoms with van der Waals surface area (Å²) >= 11 is 0. The minimum Gasteiger partial charge on any atom is -0.457 e. The summed E-state index contributed by atoms with van der Waals surface area (Å²) in [6, 6.07) is 3.68. The number of ether oxygens (including phenoxy) is 1. The van der Waals surface area contributed by atoms with Crippen LogP contribution in [0.5, 0.6) is 5.75 Å². The van der Waals surface area contributed by atoms with E-state index < -0.39 is 17.5 Å². The van der Waals surface area contributed by atoms with E-state index in [1.165, 1.54) is 18.2 Å². The van der Waals surface area contributed by atoms with Crippen LogP contribution in [0.3, 0.4) is 0 Å². The Morgan fingerprint density at radius 1 is 1.47 bits per heavy atom. The van der Waals surface area contributed by atoms with E-state index in [4.69, 9.17) is 0 Å². The molecule has 1 heterocycles. The van der Waals surface area contributed by atoms with Gasteiger partial charge in [0.2, 0.25) is 0 Å². The van der Waals surface area contributed by atoms with Gasteiger partial charge in [0, 0.05) is 24.1 Å². The molecule has 0 amide bonds. The Morgan fingerprint density at radius 3 is 2.87 bits per heavy atom. The molecule has 1 aromatic rings. The minimum atomic E-state index is -1.99.